The van der Waals surface area contributed by atoms with Gasteiger partial charge in [0.2, 0.25) is 5.91 Å². The minimum Gasteiger partial charge on any atom is -0.366 e. The van der Waals surface area contributed by atoms with Crippen LogP contribution in [0.25, 0.3) is 11.0 Å². The maximum Gasteiger partial charge on any atom is 0.255 e. The molecular formula is C10H7ClN2O2. The highest BCUT2D eigenvalue weighted by Crippen LogP contribution is 2.26. The zero-order valence-electron chi connectivity index (χ0n) is 7.61. The summed E-state index contributed by atoms with van der Waals surface area (Å²) in [6.07, 6.45) is 2.15. The highest BCUT2D eigenvalue weighted by molar-refractivity contribution is 6.35. The van der Waals surface area contributed by atoms with Gasteiger partial charge in [-0.15, -0.1) is 0 Å². The fraction of sp³-hybridized carbons (Fsp3) is 0. The van der Waals surface area contributed by atoms with Crippen LogP contribution >= 0.6 is 11.6 Å². The second-order valence-electron chi connectivity index (χ2n) is 3.05. The number of aromatic nitrogens is 1. The first kappa shape index (κ1) is 9.73. The number of fused-ring (bicyclic) bond motifs is 2. The van der Waals surface area contributed by atoms with Gasteiger partial charge >= 0.3 is 0 Å². The van der Waals surface area contributed by atoms with Crippen molar-refractivity contribution in [1.29, 1.82) is 0 Å². The van der Waals surface area contributed by atoms with Gasteiger partial charge in [0.05, 0.1) is 16.1 Å². The molecule has 2 N–H and O–H groups in total. The van der Waals surface area contributed by atoms with Crippen molar-refractivity contribution >= 4 is 34.4 Å². The first-order valence-electron chi connectivity index (χ1n) is 4.21. The lowest BCUT2D eigenvalue weighted by atomic mass is 10.4. The number of carbonyl (C=O) groups is 2. The average molecular weight is 223 g/mol. The van der Waals surface area contributed by atoms with E-state index >= 15 is 0 Å². The smallest absolute Gasteiger partial charge is 0.255 e. The second kappa shape index (κ2) is 3.40. The maximum absolute atomic E-state index is 11.6. The van der Waals surface area contributed by atoms with E-state index in [-0.39, 0.29) is 5.91 Å². The summed E-state index contributed by atoms with van der Waals surface area (Å²) in [6.45, 7) is 0. The van der Waals surface area contributed by atoms with Gasteiger partial charge in [0.25, 0.3) is 5.91 Å². The molecule has 0 aliphatic heterocycles. The monoisotopic (exact) mass is 222 g/mol. The molecule has 0 saturated carbocycles. The molecule has 2 bridgehead atoms. The Hall–Kier alpha value is -1.81. The van der Waals surface area contributed by atoms with Gasteiger partial charge in [-0.25, -0.2) is 0 Å². The van der Waals surface area contributed by atoms with Gasteiger partial charge in [-0.1, -0.05) is 11.6 Å². The molecular weight excluding hydrogens is 216 g/mol. The summed E-state index contributed by atoms with van der Waals surface area (Å²) in [4.78, 5) is 22.1. The topological polar surface area (TPSA) is 65.1 Å². The van der Waals surface area contributed by atoms with Crippen molar-refractivity contribution in [2.75, 3.05) is 0 Å². The van der Waals surface area contributed by atoms with Gasteiger partial charge in [-0.05, 0) is 18.2 Å². The molecule has 5 heteroatoms. The molecule has 0 fully saturated rings. The summed E-state index contributed by atoms with van der Waals surface area (Å²) in [5, 5.41) is 0.522. The predicted octanol–water partition coefficient (Wildman–Crippen LogP) is 1.41. The van der Waals surface area contributed by atoms with E-state index in [1.165, 1.54) is 4.57 Å². The molecule has 4 nitrogen and oxygen atoms in total. The lowest BCUT2D eigenvalue weighted by Gasteiger charge is -1.95. The number of hydrogen-bond donors (Lipinski definition) is 1. The Morgan fingerprint density at radius 3 is 2.53 bits per heavy atom. The van der Waals surface area contributed by atoms with Crippen molar-refractivity contribution in [2.45, 2.75) is 0 Å². The Balaban J connectivity index is 2.39. The van der Waals surface area contributed by atoms with Crippen LogP contribution in [0, 0.1) is 0 Å². The van der Waals surface area contributed by atoms with E-state index in [1.54, 1.807) is 18.2 Å². The van der Waals surface area contributed by atoms with Crippen LogP contribution < -0.4 is 5.73 Å². The quantitative estimate of drug-likeness (QED) is 0.781. The lowest BCUT2D eigenvalue weighted by molar-refractivity contribution is -0.113. The fourth-order valence-electron chi connectivity index (χ4n) is 1.43. The number of rotatable bonds is 2. The largest absolute Gasteiger partial charge is 0.366 e. The normalized spacial score (nSPS) is 11.5. The van der Waals surface area contributed by atoms with E-state index in [1.807, 2.05) is 0 Å². The number of benzene rings is 1. The van der Waals surface area contributed by atoms with Crippen LogP contribution in [0.4, 0.5) is 0 Å². The average Bonchev–Trinajstić information content (AvgIpc) is 2.70. The molecule has 0 aliphatic rings. The molecule has 2 aromatic heterocycles. The molecule has 0 unspecified atom stereocenters. The van der Waals surface area contributed by atoms with E-state index in [0.29, 0.717) is 16.1 Å². The molecule has 0 atom stereocenters. The van der Waals surface area contributed by atoms with Crippen molar-refractivity contribution in [1.82, 2.24) is 4.57 Å². The number of nitrogens with two attached hydrogens (primary N) is 1. The fourth-order valence-corrected chi connectivity index (χ4v) is 1.69. The summed E-state index contributed by atoms with van der Waals surface area (Å²) in [7, 11) is 0. The van der Waals surface area contributed by atoms with E-state index in [0.717, 1.165) is 12.2 Å². The molecule has 2 aromatic rings. The zero-order valence-corrected chi connectivity index (χ0v) is 8.36. The number of hydrogen-bond acceptors (Lipinski definition) is 2. The number of halogens is 1. The van der Waals surface area contributed by atoms with Crippen LogP contribution in [0.15, 0.2) is 30.4 Å². The minimum absolute atomic E-state index is 0.337. The van der Waals surface area contributed by atoms with Crippen LogP contribution in [-0.4, -0.2) is 16.4 Å². The van der Waals surface area contributed by atoms with Crippen LogP contribution in [0.5, 0.6) is 0 Å². The third-order valence-corrected chi connectivity index (χ3v) is 2.34. The summed E-state index contributed by atoms with van der Waals surface area (Å²) < 4.78 is 1.42. The van der Waals surface area contributed by atoms with Crippen molar-refractivity contribution in [3.63, 3.8) is 0 Å². The number of carbonyl (C=O) groups excluding carboxylic acids is 2. The number of nitrogens with zero attached hydrogens (tertiary/aromatic N) is 1. The molecule has 15 heavy (non-hydrogen) atoms. The molecule has 0 spiro atoms. The summed E-state index contributed by atoms with van der Waals surface area (Å²) in [6, 6.07) is 5.21. The molecule has 0 radical (unpaired) electrons. The van der Waals surface area contributed by atoms with Crippen LogP contribution in [0.1, 0.15) is 4.79 Å². The SMILES string of the molecule is NC(=O)/C=C/C(=O)n1c2ccc1c(Cl)c2. The standard InChI is InChI=1S/C10H7ClN2O2/c11-7-5-6-1-2-8(7)13(6)10(15)4-3-9(12)14/h1-5H,(H2,12,14)/b4-3+. The van der Waals surface area contributed by atoms with Gasteiger partial charge in [-0.2, -0.15) is 0 Å². The minimum atomic E-state index is -0.656. The highest BCUT2D eigenvalue weighted by Gasteiger charge is 2.13. The second-order valence-corrected chi connectivity index (χ2v) is 3.45. The van der Waals surface area contributed by atoms with Gasteiger partial charge in [0.1, 0.15) is 0 Å². The van der Waals surface area contributed by atoms with Crippen LogP contribution in [-0.2, 0) is 4.79 Å². The van der Waals surface area contributed by atoms with Gasteiger partial charge < -0.3 is 5.73 Å². The maximum atomic E-state index is 11.6. The van der Waals surface area contributed by atoms with Gasteiger partial charge in [-0.3, -0.25) is 14.2 Å². The lowest BCUT2D eigenvalue weighted by Crippen LogP contribution is -2.09. The van der Waals surface area contributed by atoms with E-state index in [9.17, 15) is 9.59 Å². The zero-order chi connectivity index (χ0) is 11.0. The Morgan fingerprint density at radius 2 is 2.07 bits per heavy atom. The molecule has 0 aliphatic carbocycles. The van der Waals surface area contributed by atoms with Gasteiger partial charge in [0, 0.05) is 12.2 Å². The number of allylic oxidation sites excluding steroid dienone is 1. The first-order valence-corrected chi connectivity index (χ1v) is 4.58. The molecule has 0 aromatic carbocycles. The van der Waals surface area contributed by atoms with Crippen LogP contribution in [0.3, 0.4) is 0 Å². The molecule has 1 amide bonds. The van der Waals surface area contributed by atoms with Crippen molar-refractivity contribution in [2.24, 2.45) is 5.73 Å². The van der Waals surface area contributed by atoms with Gasteiger partial charge in [0.15, 0.2) is 0 Å². The highest BCUT2D eigenvalue weighted by atomic mass is 35.5. The van der Waals surface area contributed by atoms with Crippen molar-refractivity contribution < 1.29 is 9.59 Å². The molecule has 2 rings (SSSR count). The Labute approximate surface area is 90.2 Å². The summed E-state index contributed by atoms with van der Waals surface area (Å²) in [5.74, 6) is -0.993. The summed E-state index contributed by atoms with van der Waals surface area (Å²) >= 11 is 5.85. The Kier molecular flexibility index (Phi) is 2.21. The summed E-state index contributed by atoms with van der Waals surface area (Å²) in [5.41, 5.74) is 6.22. The molecule has 2 heterocycles. The van der Waals surface area contributed by atoms with E-state index < -0.39 is 5.91 Å². The molecule has 0 saturated heterocycles. The first-order chi connectivity index (χ1) is 7.09. The Bertz CT molecular complexity index is 556. The van der Waals surface area contributed by atoms with Crippen LogP contribution in [0.2, 0.25) is 5.02 Å². The third kappa shape index (κ3) is 1.59. The number of amides is 1. The number of primary amides is 1. The van der Waals surface area contributed by atoms with Crippen molar-refractivity contribution in [3.05, 3.63) is 35.4 Å². The van der Waals surface area contributed by atoms with E-state index in [2.05, 4.69) is 0 Å². The molecule has 76 valence electrons. The van der Waals surface area contributed by atoms with E-state index in [4.69, 9.17) is 17.3 Å². The predicted molar refractivity (Wildman–Crippen MR) is 57.1 cm³/mol. The third-order valence-electron chi connectivity index (χ3n) is 2.04. The van der Waals surface area contributed by atoms with Crippen molar-refractivity contribution in [3.8, 4) is 0 Å². The Morgan fingerprint density at radius 1 is 1.33 bits per heavy atom.